The average molecular weight is 488 g/mol. The zero-order valence-electron chi connectivity index (χ0n) is 20.7. The van der Waals surface area contributed by atoms with Gasteiger partial charge in [-0.2, -0.15) is 0 Å². The van der Waals surface area contributed by atoms with Crippen LogP contribution in [0.5, 0.6) is 0 Å². The number of aromatic nitrogens is 2. The molecule has 8 nitrogen and oxygen atoms in total. The van der Waals surface area contributed by atoms with Crippen molar-refractivity contribution in [2.75, 3.05) is 26.2 Å². The van der Waals surface area contributed by atoms with Crippen molar-refractivity contribution in [1.29, 1.82) is 0 Å². The normalized spacial score (nSPS) is 21.6. The van der Waals surface area contributed by atoms with E-state index in [1.54, 1.807) is 9.80 Å². The summed E-state index contributed by atoms with van der Waals surface area (Å²) in [5.41, 5.74) is 2.07. The molecule has 3 aromatic rings. The van der Waals surface area contributed by atoms with Crippen LogP contribution in [-0.2, 0) is 9.59 Å². The molecule has 0 spiro atoms. The van der Waals surface area contributed by atoms with Gasteiger partial charge in [0.05, 0.1) is 6.04 Å². The van der Waals surface area contributed by atoms with Crippen LogP contribution in [-0.4, -0.2) is 58.0 Å². The van der Waals surface area contributed by atoms with Crippen LogP contribution in [0.15, 0.2) is 65.1 Å². The summed E-state index contributed by atoms with van der Waals surface area (Å²) in [4.78, 5) is 29.4. The second kappa shape index (κ2) is 11.0. The summed E-state index contributed by atoms with van der Waals surface area (Å²) in [5.74, 6) is 0.0736. The highest BCUT2D eigenvalue weighted by Gasteiger charge is 2.40. The van der Waals surface area contributed by atoms with E-state index in [-0.39, 0.29) is 12.0 Å². The summed E-state index contributed by atoms with van der Waals surface area (Å²) < 4.78 is 6.32. The quantitative estimate of drug-likeness (QED) is 0.486. The Bertz CT molecular complexity index is 1170. The molecule has 1 aromatic heterocycles. The highest BCUT2D eigenvalue weighted by molar-refractivity contribution is 6.35. The second-order valence-electron chi connectivity index (χ2n) is 9.53. The molecule has 2 saturated heterocycles. The molecule has 36 heavy (non-hydrogen) atoms. The SMILES string of the molecule is CCCCN1CCN(C(c2ccccc2)c2nnc([C@H]3NCCC[C@H]3c3ccccc3)o2)C(=O)C1=O. The Hall–Kier alpha value is -3.52. The lowest BCUT2D eigenvalue weighted by atomic mass is 9.85. The third-order valence-electron chi connectivity index (χ3n) is 7.19. The Morgan fingerprint density at radius 1 is 1.00 bits per heavy atom. The summed E-state index contributed by atoms with van der Waals surface area (Å²) in [6, 6.07) is 19.3. The molecule has 2 aliphatic rings. The largest absolute Gasteiger partial charge is 0.421 e. The van der Waals surface area contributed by atoms with Gasteiger partial charge in [0.15, 0.2) is 0 Å². The van der Waals surface area contributed by atoms with E-state index in [9.17, 15) is 9.59 Å². The molecule has 1 N–H and O–H groups in total. The summed E-state index contributed by atoms with van der Waals surface area (Å²) in [6.45, 7) is 4.46. The number of piperazine rings is 1. The van der Waals surface area contributed by atoms with E-state index >= 15 is 0 Å². The number of nitrogens with zero attached hydrogens (tertiary/aromatic N) is 4. The van der Waals surface area contributed by atoms with E-state index in [0.717, 1.165) is 37.8 Å². The zero-order valence-corrected chi connectivity index (χ0v) is 20.7. The summed E-state index contributed by atoms with van der Waals surface area (Å²) >= 11 is 0. The fourth-order valence-corrected chi connectivity index (χ4v) is 5.28. The van der Waals surface area contributed by atoms with E-state index in [0.29, 0.717) is 31.4 Å². The first kappa shape index (κ1) is 24.2. The molecule has 0 saturated carbocycles. The first-order chi connectivity index (χ1) is 17.7. The molecule has 3 heterocycles. The minimum Gasteiger partial charge on any atom is -0.421 e. The Labute approximate surface area is 211 Å². The fraction of sp³-hybridized carbons (Fsp3) is 0.429. The maximum absolute atomic E-state index is 13.3. The van der Waals surface area contributed by atoms with Gasteiger partial charge in [0.2, 0.25) is 11.8 Å². The number of carbonyl (C=O) groups excluding carboxylic acids is 2. The van der Waals surface area contributed by atoms with Crippen molar-refractivity contribution in [3.05, 3.63) is 83.6 Å². The van der Waals surface area contributed by atoms with Gasteiger partial charge in [-0.3, -0.25) is 9.59 Å². The smallest absolute Gasteiger partial charge is 0.313 e. The summed E-state index contributed by atoms with van der Waals surface area (Å²) in [5, 5.41) is 12.4. The van der Waals surface area contributed by atoms with E-state index in [4.69, 9.17) is 4.42 Å². The first-order valence-corrected chi connectivity index (χ1v) is 12.9. The van der Waals surface area contributed by atoms with Crippen molar-refractivity contribution in [2.45, 2.75) is 50.6 Å². The number of amides is 2. The molecule has 0 radical (unpaired) electrons. The number of unbranched alkanes of at least 4 members (excludes halogenated alkanes) is 1. The van der Waals surface area contributed by atoms with Gasteiger partial charge in [-0.05, 0) is 36.9 Å². The number of benzene rings is 2. The molecule has 2 aromatic carbocycles. The molecule has 8 heteroatoms. The number of piperidine rings is 1. The molecular formula is C28H33N5O3. The Kier molecular flexibility index (Phi) is 7.41. The minimum atomic E-state index is -0.615. The van der Waals surface area contributed by atoms with Gasteiger partial charge in [-0.25, -0.2) is 0 Å². The van der Waals surface area contributed by atoms with E-state index in [2.05, 4.69) is 46.7 Å². The predicted molar refractivity (Wildman–Crippen MR) is 135 cm³/mol. The number of nitrogens with one attached hydrogen (secondary N) is 1. The predicted octanol–water partition coefficient (Wildman–Crippen LogP) is 3.84. The molecule has 3 atom stereocenters. The Morgan fingerprint density at radius 3 is 2.50 bits per heavy atom. The molecule has 2 amide bonds. The molecule has 5 rings (SSSR count). The average Bonchev–Trinajstić information content (AvgIpc) is 3.41. The van der Waals surface area contributed by atoms with Crippen LogP contribution < -0.4 is 5.32 Å². The van der Waals surface area contributed by atoms with Gasteiger partial charge >= 0.3 is 11.8 Å². The van der Waals surface area contributed by atoms with Gasteiger partial charge in [0, 0.05) is 25.6 Å². The van der Waals surface area contributed by atoms with Crippen molar-refractivity contribution < 1.29 is 14.0 Å². The number of hydrogen-bond acceptors (Lipinski definition) is 6. The van der Waals surface area contributed by atoms with Gasteiger partial charge in [0.25, 0.3) is 0 Å². The molecule has 2 fully saturated rings. The summed E-state index contributed by atoms with van der Waals surface area (Å²) in [6.07, 6.45) is 3.94. The van der Waals surface area contributed by atoms with Crippen LogP contribution in [0.4, 0.5) is 0 Å². The van der Waals surface area contributed by atoms with Crippen LogP contribution in [0.25, 0.3) is 0 Å². The lowest BCUT2D eigenvalue weighted by Crippen LogP contribution is -2.55. The van der Waals surface area contributed by atoms with E-state index in [1.165, 1.54) is 5.56 Å². The monoisotopic (exact) mass is 487 g/mol. The second-order valence-corrected chi connectivity index (χ2v) is 9.53. The maximum atomic E-state index is 13.3. The van der Waals surface area contributed by atoms with E-state index < -0.39 is 17.9 Å². The van der Waals surface area contributed by atoms with Crippen molar-refractivity contribution in [3.8, 4) is 0 Å². The standard InChI is InChI=1S/C28H33N5O3/c1-2-3-17-32-18-19-33(28(35)27(32)34)24(21-13-8-5-9-14-21)26-31-30-25(36-26)23-22(15-10-16-29-23)20-11-6-4-7-12-20/h4-9,11-14,22-24,29H,2-3,10,15-19H2,1H3/t22-,23-,24?/m0/s1. The van der Waals surface area contributed by atoms with Crippen molar-refractivity contribution in [2.24, 2.45) is 0 Å². The van der Waals surface area contributed by atoms with Gasteiger partial charge in [0.1, 0.15) is 6.04 Å². The Balaban J connectivity index is 1.45. The maximum Gasteiger partial charge on any atom is 0.313 e. The molecule has 0 aliphatic carbocycles. The highest BCUT2D eigenvalue weighted by atomic mass is 16.4. The topological polar surface area (TPSA) is 91.6 Å². The molecule has 0 bridgehead atoms. The van der Waals surface area contributed by atoms with Gasteiger partial charge in [-0.15, -0.1) is 10.2 Å². The first-order valence-electron chi connectivity index (χ1n) is 12.9. The van der Waals surface area contributed by atoms with Crippen LogP contribution in [0.1, 0.15) is 73.5 Å². The molecule has 1 unspecified atom stereocenters. The van der Waals surface area contributed by atoms with Crippen LogP contribution in [0.2, 0.25) is 0 Å². The molecular weight excluding hydrogens is 454 g/mol. The third kappa shape index (κ3) is 4.91. The van der Waals surface area contributed by atoms with Gasteiger partial charge < -0.3 is 19.5 Å². The minimum absolute atomic E-state index is 0.109. The van der Waals surface area contributed by atoms with Crippen molar-refractivity contribution in [1.82, 2.24) is 25.3 Å². The lowest BCUT2D eigenvalue weighted by Gasteiger charge is -2.37. The number of rotatable bonds is 8. The van der Waals surface area contributed by atoms with Crippen molar-refractivity contribution in [3.63, 3.8) is 0 Å². The Morgan fingerprint density at radius 2 is 1.75 bits per heavy atom. The van der Waals surface area contributed by atoms with Crippen LogP contribution in [0, 0.1) is 0 Å². The zero-order chi connectivity index (χ0) is 24.9. The highest BCUT2D eigenvalue weighted by Crippen LogP contribution is 2.38. The fourth-order valence-electron chi connectivity index (χ4n) is 5.28. The molecule has 188 valence electrons. The number of hydrogen-bond donors (Lipinski definition) is 1. The van der Waals surface area contributed by atoms with Gasteiger partial charge in [-0.1, -0.05) is 74.0 Å². The summed E-state index contributed by atoms with van der Waals surface area (Å²) in [7, 11) is 0. The van der Waals surface area contributed by atoms with E-state index in [1.807, 2.05) is 36.4 Å². The van der Waals surface area contributed by atoms with Crippen LogP contribution in [0.3, 0.4) is 0 Å². The third-order valence-corrected chi connectivity index (χ3v) is 7.19. The number of carbonyl (C=O) groups is 2. The molecule has 2 aliphatic heterocycles. The lowest BCUT2D eigenvalue weighted by molar-refractivity contribution is -0.157. The van der Waals surface area contributed by atoms with Crippen LogP contribution >= 0.6 is 0 Å². The van der Waals surface area contributed by atoms with Crippen molar-refractivity contribution >= 4 is 11.8 Å².